The fourth-order valence-electron chi connectivity index (χ4n) is 3.44. The fourth-order valence-corrected chi connectivity index (χ4v) is 3.92. The number of rotatable bonds is 5. The highest BCUT2D eigenvalue weighted by Crippen LogP contribution is 2.38. The van der Waals surface area contributed by atoms with Crippen LogP contribution in [0.1, 0.15) is 13.8 Å². The van der Waals surface area contributed by atoms with Crippen LogP contribution in [0.15, 0.2) is 94.3 Å². The fraction of sp³-hybridized carbons (Fsp3) is 0.130. The third-order valence-electron chi connectivity index (χ3n) is 5.01. The molecule has 0 radical (unpaired) electrons. The monoisotopic (exact) mass is 451 g/mol. The second-order valence-electron chi connectivity index (χ2n) is 7.06. The molecule has 0 bridgehead atoms. The Bertz CT molecular complexity index is 1290. The van der Waals surface area contributed by atoms with Crippen LogP contribution < -0.4 is 14.6 Å². The Balaban J connectivity index is 1.50. The van der Waals surface area contributed by atoms with Crippen LogP contribution in [0.4, 0.5) is 11.4 Å². The summed E-state index contributed by atoms with van der Waals surface area (Å²) in [5.74, 6) is 1.17. The number of allylic oxidation sites excluding steroid dienone is 4. The number of hydrogen-bond donors (Lipinski definition) is 1. The summed E-state index contributed by atoms with van der Waals surface area (Å²) in [6.07, 6.45) is 7.03. The summed E-state index contributed by atoms with van der Waals surface area (Å²) in [7, 11) is -4.30. The minimum atomic E-state index is -4.30. The number of carbonyl (C=O) groups is 1. The molecular formula is C23H21N3O5S. The smallest absolute Gasteiger partial charge is 0.294 e. The lowest BCUT2D eigenvalue weighted by Crippen LogP contribution is -2.21. The third kappa shape index (κ3) is 4.08. The number of ether oxygens (including phenoxy) is 1. The quantitative estimate of drug-likeness (QED) is 0.547. The van der Waals surface area contributed by atoms with E-state index in [1.807, 2.05) is 37.3 Å². The van der Waals surface area contributed by atoms with Crippen LogP contribution >= 0.6 is 0 Å². The number of fused-ring (bicyclic) bond motifs is 1. The lowest BCUT2D eigenvalue weighted by Gasteiger charge is -2.14. The van der Waals surface area contributed by atoms with Gasteiger partial charge < -0.3 is 9.64 Å². The maximum absolute atomic E-state index is 12.8. The Morgan fingerprint density at radius 2 is 1.75 bits per heavy atom. The number of hydrogen-bond acceptors (Lipinski definition) is 6. The molecule has 8 nitrogen and oxygen atoms in total. The zero-order valence-corrected chi connectivity index (χ0v) is 18.3. The second-order valence-corrected chi connectivity index (χ2v) is 8.48. The normalized spacial score (nSPS) is 18.6. The zero-order chi connectivity index (χ0) is 22.9. The van der Waals surface area contributed by atoms with Crippen LogP contribution in [0.25, 0.3) is 0 Å². The van der Waals surface area contributed by atoms with E-state index in [1.165, 1.54) is 29.3 Å². The lowest BCUT2D eigenvalue weighted by atomic mass is 10.1. The molecule has 0 aromatic heterocycles. The Morgan fingerprint density at radius 1 is 1.06 bits per heavy atom. The molecule has 9 heteroatoms. The second kappa shape index (κ2) is 8.45. The maximum Gasteiger partial charge on any atom is 0.294 e. The highest BCUT2D eigenvalue weighted by molar-refractivity contribution is 7.85. The molecule has 2 aromatic carbocycles. The molecule has 0 unspecified atom stereocenters. The molecule has 164 valence electrons. The van der Waals surface area contributed by atoms with Gasteiger partial charge in [-0.2, -0.15) is 18.5 Å². The molecule has 0 saturated carbocycles. The van der Waals surface area contributed by atoms with Crippen molar-refractivity contribution in [2.24, 2.45) is 5.10 Å². The van der Waals surface area contributed by atoms with Crippen LogP contribution in [0.5, 0.6) is 5.75 Å². The number of hydrazone groups is 1. The van der Waals surface area contributed by atoms with E-state index in [0.717, 1.165) is 18.0 Å². The van der Waals surface area contributed by atoms with E-state index in [2.05, 4.69) is 10.0 Å². The van der Waals surface area contributed by atoms with E-state index in [0.29, 0.717) is 22.9 Å². The molecule has 0 fully saturated rings. The number of amides is 1. The number of benzene rings is 2. The average Bonchev–Trinajstić information content (AvgIpc) is 3.27. The molecule has 2 aromatic rings. The molecule has 2 aliphatic rings. The number of carbonyl (C=O) groups excluding carboxylic acids is 1. The summed E-state index contributed by atoms with van der Waals surface area (Å²) in [4.78, 5) is 14.6. The van der Waals surface area contributed by atoms with Gasteiger partial charge in [-0.3, -0.25) is 9.35 Å². The van der Waals surface area contributed by atoms with Crippen LogP contribution in [0, 0.1) is 0 Å². The Hall–Kier alpha value is -3.69. The summed E-state index contributed by atoms with van der Waals surface area (Å²) >= 11 is 0. The highest BCUT2D eigenvalue weighted by atomic mass is 32.2. The molecule has 2 heterocycles. The van der Waals surface area contributed by atoms with E-state index in [4.69, 9.17) is 9.29 Å². The molecule has 1 amide bonds. The van der Waals surface area contributed by atoms with Gasteiger partial charge in [-0.1, -0.05) is 24.3 Å². The maximum atomic E-state index is 12.8. The molecule has 0 saturated heterocycles. The predicted octanol–water partition coefficient (Wildman–Crippen LogP) is 3.90. The summed E-state index contributed by atoms with van der Waals surface area (Å²) in [5.41, 5.74) is 2.36. The van der Waals surface area contributed by atoms with Crippen molar-refractivity contribution >= 4 is 33.1 Å². The van der Waals surface area contributed by atoms with E-state index in [9.17, 15) is 13.2 Å². The molecule has 2 aliphatic heterocycles. The number of anilines is 2. The number of nitrogens with zero attached hydrogens (tertiary/aromatic N) is 3. The first-order valence-corrected chi connectivity index (χ1v) is 11.3. The van der Waals surface area contributed by atoms with Gasteiger partial charge in [0.15, 0.2) is 5.75 Å². The minimum Gasteiger partial charge on any atom is -0.439 e. The first-order chi connectivity index (χ1) is 15.3. The molecule has 32 heavy (non-hydrogen) atoms. The van der Waals surface area contributed by atoms with Crippen LogP contribution in [-0.4, -0.2) is 31.1 Å². The summed E-state index contributed by atoms with van der Waals surface area (Å²) in [5, 5.41) is 5.45. The standard InChI is InChI=1S/C23H21N3O5S/c1-3-25-20-9-5-6-10-21(20)31-22(25)11-7-4-8-19-16(2)24-26(23(19)27)17-12-14-18(15-13-17)32(28,29)30/h4-15H,3H2,1-2H3,(H,28,29,30)/b7-4+,19-8+,22-11-. The predicted molar refractivity (Wildman–Crippen MR) is 122 cm³/mol. The van der Waals surface area contributed by atoms with Crippen LogP contribution in [0.3, 0.4) is 0 Å². The SMILES string of the molecule is CCN1/C(=C/C=C/C=C2/C(=O)N(c3ccc(S(=O)(=O)O)cc3)N=C2C)Oc2ccccc21. The van der Waals surface area contributed by atoms with E-state index in [1.54, 1.807) is 25.2 Å². The van der Waals surface area contributed by atoms with E-state index >= 15 is 0 Å². The van der Waals surface area contributed by atoms with Crippen molar-refractivity contribution in [3.8, 4) is 5.75 Å². The van der Waals surface area contributed by atoms with Gasteiger partial charge in [0, 0.05) is 6.54 Å². The van der Waals surface area contributed by atoms with Crippen molar-refractivity contribution in [1.29, 1.82) is 0 Å². The van der Waals surface area contributed by atoms with Gasteiger partial charge in [0.1, 0.15) is 0 Å². The van der Waals surface area contributed by atoms with Crippen molar-refractivity contribution in [3.63, 3.8) is 0 Å². The van der Waals surface area contributed by atoms with E-state index in [-0.39, 0.29) is 10.8 Å². The van der Waals surface area contributed by atoms with Gasteiger partial charge >= 0.3 is 0 Å². The van der Waals surface area contributed by atoms with Crippen molar-refractivity contribution < 1.29 is 22.5 Å². The third-order valence-corrected chi connectivity index (χ3v) is 5.88. The molecule has 4 rings (SSSR count). The van der Waals surface area contributed by atoms with Gasteiger partial charge in [0.2, 0.25) is 5.88 Å². The Morgan fingerprint density at radius 3 is 2.44 bits per heavy atom. The van der Waals surface area contributed by atoms with Crippen molar-refractivity contribution in [2.45, 2.75) is 18.7 Å². The van der Waals surface area contributed by atoms with Crippen molar-refractivity contribution in [2.75, 3.05) is 16.5 Å². The van der Waals surface area contributed by atoms with Gasteiger partial charge in [-0.05, 0) is 62.4 Å². The van der Waals surface area contributed by atoms with Crippen molar-refractivity contribution in [3.05, 3.63) is 84.3 Å². The number of para-hydroxylation sites is 2. The highest BCUT2D eigenvalue weighted by Gasteiger charge is 2.28. The molecule has 1 N–H and O–H groups in total. The van der Waals surface area contributed by atoms with Crippen LogP contribution in [0.2, 0.25) is 0 Å². The lowest BCUT2D eigenvalue weighted by molar-refractivity contribution is -0.114. The molecule has 0 aliphatic carbocycles. The summed E-state index contributed by atoms with van der Waals surface area (Å²) in [6, 6.07) is 13.1. The first kappa shape index (κ1) is 21.5. The summed E-state index contributed by atoms with van der Waals surface area (Å²) < 4.78 is 37.4. The Kier molecular flexibility index (Phi) is 5.68. The van der Waals surface area contributed by atoms with Gasteiger partial charge in [-0.15, -0.1) is 0 Å². The average molecular weight is 452 g/mol. The van der Waals surface area contributed by atoms with Gasteiger partial charge in [0.05, 0.1) is 27.6 Å². The zero-order valence-electron chi connectivity index (χ0n) is 17.5. The molecular weight excluding hydrogens is 430 g/mol. The van der Waals surface area contributed by atoms with Gasteiger partial charge in [0.25, 0.3) is 16.0 Å². The van der Waals surface area contributed by atoms with Crippen LogP contribution in [-0.2, 0) is 14.9 Å². The van der Waals surface area contributed by atoms with E-state index < -0.39 is 10.1 Å². The Labute approximate surface area is 186 Å². The van der Waals surface area contributed by atoms with Gasteiger partial charge in [-0.25, -0.2) is 0 Å². The topological polar surface area (TPSA) is 99.5 Å². The molecule has 0 atom stereocenters. The first-order valence-electron chi connectivity index (χ1n) is 9.90. The minimum absolute atomic E-state index is 0.252. The largest absolute Gasteiger partial charge is 0.439 e. The van der Waals surface area contributed by atoms with Crippen molar-refractivity contribution in [1.82, 2.24) is 0 Å². The molecule has 0 spiro atoms. The summed E-state index contributed by atoms with van der Waals surface area (Å²) in [6.45, 7) is 4.52.